The molecule has 0 saturated carbocycles. The van der Waals surface area contributed by atoms with E-state index in [2.05, 4.69) is 10.6 Å². The molecular weight excluding hydrogens is 361 g/mol. The van der Waals surface area contributed by atoms with Crippen LogP contribution < -0.4 is 15.4 Å². The van der Waals surface area contributed by atoms with Crippen molar-refractivity contribution < 1.29 is 9.53 Å². The van der Waals surface area contributed by atoms with Gasteiger partial charge in [-0.3, -0.25) is 0 Å². The van der Waals surface area contributed by atoms with Gasteiger partial charge in [0.1, 0.15) is 5.75 Å². The quantitative estimate of drug-likeness (QED) is 0.777. The van der Waals surface area contributed by atoms with Crippen LogP contribution in [0.2, 0.25) is 10.0 Å². The topological polar surface area (TPSA) is 53.6 Å². The van der Waals surface area contributed by atoms with E-state index in [-0.39, 0.29) is 12.1 Å². The zero-order valence-electron chi connectivity index (χ0n) is 14.3. The Morgan fingerprint density at radius 2 is 1.80 bits per heavy atom. The average Bonchev–Trinajstić information content (AvgIpc) is 2.58. The third kappa shape index (κ3) is 5.53. The normalized spacial score (nSPS) is 11.9. The van der Waals surface area contributed by atoms with Gasteiger partial charge in [0, 0.05) is 12.2 Å². The molecule has 0 radical (unpaired) electrons. The summed E-state index contributed by atoms with van der Waals surface area (Å²) in [6, 6.07) is 12.5. The van der Waals surface area contributed by atoms with Gasteiger partial charge in [0.2, 0.25) is 0 Å². The van der Waals surface area contributed by atoms with Crippen LogP contribution in [0, 0.1) is 0 Å². The van der Waals surface area contributed by atoms with E-state index in [1.54, 1.807) is 25.3 Å². The molecule has 0 fully saturated rings. The van der Waals surface area contributed by atoms with Crippen LogP contribution in [0.5, 0.6) is 5.75 Å². The van der Waals surface area contributed by atoms with Gasteiger partial charge in [-0.1, -0.05) is 35.3 Å². The minimum absolute atomic E-state index is 0.0328. The minimum atomic E-state index is -0.307. The largest absolute Gasteiger partial charge is 0.497 e. The van der Waals surface area contributed by atoms with Crippen LogP contribution in [0.15, 0.2) is 42.5 Å². The Balaban J connectivity index is 1.97. The molecule has 0 unspecified atom stereocenters. The summed E-state index contributed by atoms with van der Waals surface area (Å²) >= 11 is 11.8. The van der Waals surface area contributed by atoms with Crippen molar-refractivity contribution in [2.24, 2.45) is 0 Å². The number of hydrogen-bond donors (Lipinski definition) is 2. The molecule has 0 aromatic heterocycles. The van der Waals surface area contributed by atoms with Crippen LogP contribution in [-0.4, -0.2) is 38.7 Å². The van der Waals surface area contributed by atoms with Crippen molar-refractivity contribution in [1.82, 2.24) is 10.2 Å². The Morgan fingerprint density at radius 3 is 2.36 bits per heavy atom. The van der Waals surface area contributed by atoms with Gasteiger partial charge < -0.3 is 20.3 Å². The zero-order valence-corrected chi connectivity index (χ0v) is 15.9. The second-order valence-corrected chi connectivity index (χ2v) is 6.53. The first-order valence-electron chi connectivity index (χ1n) is 7.71. The van der Waals surface area contributed by atoms with Gasteiger partial charge in [-0.2, -0.15) is 0 Å². The number of methoxy groups -OCH3 is 1. The van der Waals surface area contributed by atoms with E-state index < -0.39 is 0 Å². The van der Waals surface area contributed by atoms with E-state index in [1.807, 2.05) is 43.3 Å². The van der Waals surface area contributed by atoms with E-state index in [0.29, 0.717) is 22.3 Å². The van der Waals surface area contributed by atoms with Crippen molar-refractivity contribution in [3.05, 3.63) is 58.1 Å². The van der Waals surface area contributed by atoms with Crippen molar-refractivity contribution in [2.75, 3.05) is 33.1 Å². The fourth-order valence-electron chi connectivity index (χ4n) is 2.36. The molecule has 0 heterocycles. The highest BCUT2D eigenvalue weighted by molar-refractivity contribution is 6.42. The molecule has 2 aromatic carbocycles. The number of anilines is 1. The molecule has 2 amide bonds. The number of nitrogens with zero attached hydrogens (tertiary/aromatic N) is 1. The van der Waals surface area contributed by atoms with Crippen LogP contribution in [0.4, 0.5) is 10.5 Å². The fourth-order valence-corrected chi connectivity index (χ4v) is 2.66. The summed E-state index contributed by atoms with van der Waals surface area (Å²) in [7, 11) is 5.56. The molecule has 0 aliphatic carbocycles. The number of rotatable bonds is 6. The van der Waals surface area contributed by atoms with Gasteiger partial charge in [0.25, 0.3) is 0 Å². The number of carbonyl (C=O) groups is 1. The lowest BCUT2D eigenvalue weighted by Gasteiger charge is -2.25. The van der Waals surface area contributed by atoms with E-state index >= 15 is 0 Å². The zero-order chi connectivity index (χ0) is 18.4. The molecule has 0 spiro atoms. The van der Waals surface area contributed by atoms with Crippen LogP contribution in [-0.2, 0) is 0 Å². The number of nitrogens with one attached hydrogen (secondary N) is 2. The first kappa shape index (κ1) is 19.4. The van der Waals surface area contributed by atoms with Crippen LogP contribution in [0.3, 0.4) is 0 Å². The number of amides is 2. The lowest BCUT2D eigenvalue weighted by molar-refractivity contribution is 0.243. The van der Waals surface area contributed by atoms with E-state index in [4.69, 9.17) is 27.9 Å². The van der Waals surface area contributed by atoms with Crippen LogP contribution in [0.1, 0.15) is 11.6 Å². The van der Waals surface area contributed by atoms with Gasteiger partial charge in [-0.25, -0.2) is 4.79 Å². The lowest BCUT2D eigenvalue weighted by atomic mass is 10.1. The van der Waals surface area contributed by atoms with Crippen LogP contribution >= 0.6 is 23.2 Å². The molecule has 0 bridgehead atoms. The Morgan fingerprint density at radius 1 is 1.12 bits per heavy atom. The summed E-state index contributed by atoms with van der Waals surface area (Å²) in [5.41, 5.74) is 1.67. The highest BCUT2D eigenvalue weighted by atomic mass is 35.5. The predicted octanol–water partition coefficient (Wildman–Crippen LogP) is 4.43. The predicted molar refractivity (Wildman–Crippen MR) is 103 cm³/mol. The third-order valence-corrected chi connectivity index (χ3v) is 4.50. The first-order chi connectivity index (χ1) is 11.9. The second-order valence-electron chi connectivity index (χ2n) is 5.72. The van der Waals surface area contributed by atoms with Crippen molar-refractivity contribution in [1.29, 1.82) is 0 Å². The van der Waals surface area contributed by atoms with Gasteiger partial charge >= 0.3 is 6.03 Å². The summed E-state index contributed by atoms with van der Waals surface area (Å²) in [5, 5.41) is 6.45. The van der Waals surface area contributed by atoms with Gasteiger partial charge in [-0.15, -0.1) is 0 Å². The standard InChI is InChI=1S/C18H21Cl2N3O2/c1-23(2)17(12-4-7-14(25-3)8-5-12)11-21-18(24)22-13-6-9-15(19)16(20)10-13/h4-10,17H,11H2,1-3H3,(H2,21,22,24)/t17-/m0/s1. The van der Waals surface area contributed by atoms with Crippen LogP contribution in [0.25, 0.3) is 0 Å². The summed E-state index contributed by atoms with van der Waals surface area (Å²) < 4.78 is 5.18. The van der Waals surface area contributed by atoms with Gasteiger partial charge in [0.15, 0.2) is 0 Å². The van der Waals surface area contributed by atoms with Crippen molar-refractivity contribution in [2.45, 2.75) is 6.04 Å². The Bertz CT molecular complexity index is 721. The number of carbonyl (C=O) groups excluding carboxylic acids is 1. The maximum absolute atomic E-state index is 12.1. The summed E-state index contributed by atoms with van der Waals surface area (Å²) in [5.74, 6) is 0.798. The fraction of sp³-hybridized carbons (Fsp3) is 0.278. The smallest absolute Gasteiger partial charge is 0.319 e. The second kappa shape index (κ2) is 8.94. The average molecular weight is 382 g/mol. The summed E-state index contributed by atoms with van der Waals surface area (Å²) in [4.78, 5) is 14.2. The molecule has 2 N–H and O–H groups in total. The molecule has 0 saturated heterocycles. The third-order valence-electron chi connectivity index (χ3n) is 3.76. The van der Waals surface area contributed by atoms with Gasteiger partial charge in [0.05, 0.1) is 23.2 Å². The Hall–Kier alpha value is -1.95. The molecule has 2 aromatic rings. The molecule has 1 atom stereocenters. The molecule has 7 heteroatoms. The van der Waals surface area contributed by atoms with Crippen molar-refractivity contribution in [3.8, 4) is 5.75 Å². The number of urea groups is 1. The highest BCUT2D eigenvalue weighted by Gasteiger charge is 2.15. The minimum Gasteiger partial charge on any atom is -0.497 e. The molecule has 2 rings (SSSR count). The SMILES string of the molecule is COc1ccc([C@H](CNC(=O)Nc2ccc(Cl)c(Cl)c2)N(C)C)cc1. The summed E-state index contributed by atoms with van der Waals surface area (Å²) in [6.45, 7) is 0.451. The summed E-state index contributed by atoms with van der Waals surface area (Å²) in [6.07, 6.45) is 0. The van der Waals surface area contributed by atoms with E-state index in [9.17, 15) is 4.79 Å². The molecule has 134 valence electrons. The number of likely N-dealkylation sites (N-methyl/N-ethyl adjacent to an activating group) is 1. The molecular formula is C18H21Cl2N3O2. The lowest BCUT2D eigenvalue weighted by Crippen LogP contribution is -2.36. The first-order valence-corrected chi connectivity index (χ1v) is 8.46. The maximum atomic E-state index is 12.1. The van der Waals surface area contributed by atoms with Gasteiger partial charge in [-0.05, 0) is 50.0 Å². The molecule has 5 nitrogen and oxygen atoms in total. The van der Waals surface area contributed by atoms with E-state index in [1.165, 1.54) is 0 Å². The maximum Gasteiger partial charge on any atom is 0.319 e. The Labute approximate surface area is 157 Å². The molecule has 0 aliphatic rings. The van der Waals surface area contributed by atoms with E-state index in [0.717, 1.165) is 11.3 Å². The highest BCUT2D eigenvalue weighted by Crippen LogP contribution is 2.25. The number of ether oxygens (including phenoxy) is 1. The van der Waals surface area contributed by atoms with Crippen molar-refractivity contribution in [3.63, 3.8) is 0 Å². The molecule has 0 aliphatic heterocycles. The molecule has 25 heavy (non-hydrogen) atoms. The monoisotopic (exact) mass is 381 g/mol. The number of hydrogen-bond acceptors (Lipinski definition) is 3. The number of benzene rings is 2. The van der Waals surface area contributed by atoms with Crippen molar-refractivity contribution >= 4 is 34.9 Å². The Kier molecular flexibility index (Phi) is 6.93. The number of halogens is 2.